The molecule has 3 aromatic rings. The topological polar surface area (TPSA) is 51.2 Å². The molecule has 0 aliphatic heterocycles. The third-order valence-electron chi connectivity index (χ3n) is 4.41. The lowest BCUT2D eigenvalue weighted by Crippen LogP contribution is -2.24. The average Bonchev–Trinajstić information content (AvgIpc) is 3.16. The SMILES string of the molecule is Cc1nc(COc2cccc(/C=C/C(=O)NC(C)c3cccc(C(F)(F)F)c3)c2)cs1. The van der Waals surface area contributed by atoms with E-state index in [9.17, 15) is 18.0 Å². The molecule has 0 saturated heterocycles. The van der Waals surface area contributed by atoms with Crippen molar-refractivity contribution < 1.29 is 22.7 Å². The van der Waals surface area contributed by atoms with Gasteiger partial charge in [0.25, 0.3) is 0 Å². The van der Waals surface area contributed by atoms with Crippen LogP contribution in [-0.4, -0.2) is 10.9 Å². The van der Waals surface area contributed by atoms with Gasteiger partial charge in [0, 0.05) is 11.5 Å². The van der Waals surface area contributed by atoms with E-state index in [1.807, 2.05) is 30.5 Å². The lowest BCUT2D eigenvalue weighted by molar-refractivity contribution is -0.137. The van der Waals surface area contributed by atoms with Crippen LogP contribution in [0.25, 0.3) is 6.08 Å². The number of carbonyl (C=O) groups is 1. The van der Waals surface area contributed by atoms with Crippen LogP contribution in [0.2, 0.25) is 0 Å². The van der Waals surface area contributed by atoms with Gasteiger partial charge in [0.1, 0.15) is 12.4 Å². The van der Waals surface area contributed by atoms with Crippen LogP contribution in [-0.2, 0) is 17.6 Å². The van der Waals surface area contributed by atoms with Gasteiger partial charge in [-0.15, -0.1) is 11.3 Å². The van der Waals surface area contributed by atoms with Crippen LogP contribution >= 0.6 is 11.3 Å². The van der Waals surface area contributed by atoms with Crippen molar-refractivity contribution in [1.82, 2.24) is 10.3 Å². The monoisotopic (exact) mass is 446 g/mol. The Kier molecular flexibility index (Phi) is 7.12. The molecule has 0 aliphatic rings. The highest BCUT2D eigenvalue weighted by atomic mass is 32.1. The molecule has 0 aliphatic carbocycles. The van der Waals surface area contributed by atoms with E-state index < -0.39 is 23.7 Å². The van der Waals surface area contributed by atoms with Crippen LogP contribution in [0.5, 0.6) is 5.75 Å². The average molecular weight is 446 g/mol. The number of amides is 1. The van der Waals surface area contributed by atoms with Gasteiger partial charge in [-0.25, -0.2) is 4.98 Å². The van der Waals surface area contributed by atoms with Crippen molar-refractivity contribution >= 4 is 23.3 Å². The molecule has 1 unspecified atom stereocenters. The third kappa shape index (κ3) is 6.68. The first-order chi connectivity index (χ1) is 14.7. The number of nitrogens with one attached hydrogen (secondary N) is 1. The van der Waals surface area contributed by atoms with Gasteiger partial charge < -0.3 is 10.1 Å². The predicted molar refractivity (Wildman–Crippen MR) is 115 cm³/mol. The summed E-state index contributed by atoms with van der Waals surface area (Å²) in [5.41, 5.74) is 1.25. The fourth-order valence-corrected chi connectivity index (χ4v) is 3.44. The number of hydrogen-bond donors (Lipinski definition) is 1. The van der Waals surface area contributed by atoms with Crippen molar-refractivity contribution in [3.63, 3.8) is 0 Å². The van der Waals surface area contributed by atoms with E-state index in [-0.39, 0.29) is 0 Å². The van der Waals surface area contributed by atoms with Crippen molar-refractivity contribution in [2.75, 3.05) is 0 Å². The number of carbonyl (C=O) groups excluding carboxylic acids is 1. The second kappa shape index (κ2) is 9.78. The van der Waals surface area contributed by atoms with Crippen LogP contribution in [0.15, 0.2) is 60.0 Å². The van der Waals surface area contributed by atoms with E-state index in [0.29, 0.717) is 17.9 Å². The molecule has 162 valence electrons. The summed E-state index contributed by atoms with van der Waals surface area (Å²) in [4.78, 5) is 16.6. The first-order valence-corrected chi connectivity index (χ1v) is 10.4. The number of aromatic nitrogens is 1. The summed E-state index contributed by atoms with van der Waals surface area (Å²) in [7, 11) is 0. The number of thiazole rings is 1. The highest BCUT2D eigenvalue weighted by Gasteiger charge is 2.30. The zero-order chi connectivity index (χ0) is 22.4. The van der Waals surface area contributed by atoms with Crippen molar-refractivity contribution in [3.05, 3.63) is 87.4 Å². The molecular weight excluding hydrogens is 425 g/mol. The van der Waals surface area contributed by atoms with E-state index >= 15 is 0 Å². The number of hydrogen-bond acceptors (Lipinski definition) is 4. The van der Waals surface area contributed by atoms with Crippen molar-refractivity contribution in [3.8, 4) is 5.75 Å². The Morgan fingerprint density at radius 1 is 1.23 bits per heavy atom. The van der Waals surface area contributed by atoms with Crippen LogP contribution < -0.4 is 10.1 Å². The molecule has 1 aromatic heterocycles. The Balaban J connectivity index is 1.58. The first kappa shape index (κ1) is 22.6. The van der Waals surface area contributed by atoms with Gasteiger partial charge in [-0.2, -0.15) is 13.2 Å². The molecule has 1 amide bonds. The maximum atomic E-state index is 12.9. The smallest absolute Gasteiger partial charge is 0.416 e. The van der Waals surface area contributed by atoms with Crippen LogP contribution in [0.1, 0.15) is 40.4 Å². The van der Waals surface area contributed by atoms with E-state index in [1.54, 1.807) is 36.5 Å². The lowest BCUT2D eigenvalue weighted by Gasteiger charge is -2.15. The molecule has 0 bridgehead atoms. The molecule has 31 heavy (non-hydrogen) atoms. The number of benzene rings is 2. The summed E-state index contributed by atoms with van der Waals surface area (Å²) in [6, 6.07) is 11.6. The fourth-order valence-electron chi connectivity index (χ4n) is 2.84. The van der Waals surface area contributed by atoms with Crippen molar-refractivity contribution in [1.29, 1.82) is 0 Å². The number of alkyl halides is 3. The van der Waals surface area contributed by atoms with Crippen molar-refractivity contribution in [2.24, 2.45) is 0 Å². The zero-order valence-corrected chi connectivity index (χ0v) is 17.8. The van der Waals surface area contributed by atoms with Gasteiger partial charge in [0.15, 0.2) is 0 Å². The minimum absolute atomic E-state index is 0.354. The molecule has 0 radical (unpaired) electrons. The Labute approximate surface area is 182 Å². The second-order valence-electron chi connectivity index (χ2n) is 6.91. The molecular formula is C23H21F3N2O2S. The van der Waals surface area contributed by atoms with Crippen LogP contribution in [0.4, 0.5) is 13.2 Å². The normalized spacial score (nSPS) is 12.7. The number of ether oxygens (including phenoxy) is 1. The summed E-state index contributed by atoms with van der Waals surface area (Å²) in [6.45, 7) is 3.92. The minimum atomic E-state index is -4.43. The quantitative estimate of drug-likeness (QED) is 0.457. The van der Waals surface area contributed by atoms with Gasteiger partial charge in [-0.05, 0) is 55.3 Å². The maximum absolute atomic E-state index is 12.9. The van der Waals surface area contributed by atoms with Gasteiger partial charge in [0.05, 0.1) is 22.3 Å². The van der Waals surface area contributed by atoms with E-state index in [0.717, 1.165) is 28.4 Å². The third-order valence-corrected chi connectivity index (χ3v) is 5.23. The van der Waals surface area contributed by atoms with E-state index in [2.05, 4.69) is 10.3 Å². The minimum Gasteiger partial charge on any atom is -0.487 e. The molecule has 3 rings (SSSR count). The lowest BCUT2D eigenvalue weighted by atomic mass is 10.0. The first-order valence-electron chi connectivity index (χ1n) is 9.50. The van der Waals surface area contributed by atoms with Crippen molar-refractivity contribution in [2.45, 2.75) is 32.7 Å². The maximum Gasteiger partial charge on any atom is 0.416 e. The highest BCUT2D eigenvalue weighted by Crippen LogP contribution is 2.30. The van der Waals surface area contributed by atoms with E-state index in [1.165, 1.54) is 12.1 Å². The fraction of sp³-hybridized carbons (Fsp3) is 0.217. The largest absolute Gasteiger partial charge is 0.487 e. The number of rotatable bonds is 7. The Hall–Kier alpha value is -3.13. The summed E-state index contributed by atoms with van der Waals surface area (Å²) in [6.07, 6.45) is -1.47. The zero-order valence-electron chi connectivity index (χ0n) is 16.9. The second-order valence-corrected chi connectivity index (χ2v) is 7.97. The molecule has 1 atom stereocenters. The number of nitrogens with zero attached hydrogens (tertiary/aromatic N) is 1. The number of halogens is 3. The molecule has 0 saturated carbocycles. The van der Waals surface area contributed by atoms with Gasteiger partial charge in [-0.3, -0.25) is 4.79 Å². The summed E-state index contributed by atoms with van der Waals surface area (Å²) in [5.74, 6) is 0.236. The summed E-state index contributed by atoms with van der Waals surface area (Å²) >= 11 is 1.56. The molecule has 2 aromatic carbocycles. The molecule has 4 nitrogen and oxygen atoms in total. The highest BCUT2D eigenvalue weighted by molar-refractivity contribution is 7.09. The van der Waals surface area contributed by atoms with E-state index in [4.69, 9.17) is 4.74 Å². The molecule has 0 fully saturated rings. The Bertz CT molecular complexity index is 1080. The standard InChI is InChI=1S/C23H21F3N2O2S/c1-15(18-6-4-7-19(12-18)23(24,25)26)27-22(29)10-9-17-5-3-8-21(11-17)30-13-20-14-31-16(2)28-20/h3-12,14-15H,13H2,1-2H3,(H,27,29)/b10-9+. The van der Waals surface area contributed by atoms with Gasteiger partial charge >= 0.3 is 6.18 Å². The molecule has 8 heteroatoms. The summed E-state index contributed by atoms with van der Waals surface area (Å²) < 4.78 is 44.4. The molecule has 1 N–H and O–H groups in total. The number of aryl methyl sites for hydroxylation is 1. The molecule has 1 heterocycles. The predicted octanol–water partition coefficient (Wildman–Crippen LogP) is 5.94. The Morgan fingerprint density at radius 3 is 2.71 bits per heavy atom. The Morgan fingerprint density at radius 2 is 2.00 bits per heavy atom. The summed E-state index contributed by atoms with van der Waals surface area (Å²) in [5, 5.41) is 5.59. The van der Waals surface area contributed by atoms with Crippen LogP contribution in [0.3, 0.4) is 0 Å². The van der Waals surface area contributed by atoms with Crippen LogP contribution in [0, 0.1) is 6.92 Å². The van der Waals surface area contributed by atoms with Gasteiger partial charge in [-0.1, -0.05) is 24.3 Å². The van der Waals surface area contributed by atoms with Gasteiger partial charge in [0.2, 0.25) is 5.91 Å². The molecule has 0 spiro atoms.